The molecule has 1 heterocycles. The van der Waals surface area contributed by atoms with Gasteiger partial charge in [0.05, 0.1) is 6.61 Å². The molecule has 1 aromatic rings. The van der Waals surface area contributed by atoms with Gasteiger partial charge in [-0.25, -0.2) is 0 Å². The average molecular weight is 237 g/mol. The standard InChI is InChI=1S/C13H13ClO2/c1-13(2)6-9(7-15)11-5-10(14)3-4-12(11)16-8-13/h3-7H,8H2,1-2H3. The molecule has 0 radical (unpaired) electrons. The minimum Gasteiger partial charge on any atom is -0.492 e. The Balaban J connectivity index is 2.59. The van der Waals surface area contributed by atoms with Crippen LogP contribution in [0, 0.1) is 5.41 Å². The highest BCUT2D eigenvalue weighted by atomic mass is 35.5. The molecule has 0 spiro atoms. The number of hydrogen-bond donors (Lipinski definition) is 0. The third-order valence-electron chi connectivity index (χ3n) is 2.53. The molecule has 0 aromatic heterocycles. The summed E-state index contributed by atoms with van der Waals surface area (Å²) in [4.78, 5) is 11.1. The van der Waals surface area contributed by atoms with Gasteiger partial charge < -0.3 is 4.74 Å². The number of carbonyl (C=O) groups is 1. The Hall–Kier alpha value is -1.28. The average Bonchev–Trinajstić information content (AvgIpc) is 2.36. The number of ether oxygens (including phenoxy) is 1. The van der Waals surface area contributed by atoms with Crippen molar-refractivity contribution in [2.75, 3.05) is 6.61 Å². The normalized spacial score (nSPS) is 17.8. The quantitative estimate of drug-likeness (QED) is 0.699. The van der Waals surface area contributed by atoms with E-state index in [4.69, 9.17) is 16.3 Å². The Morgan fingerprint density at radius 1 is 1.44 bits per heavy atom. The van der Waals surface area contributed by atoms with Gasteiger partial charge in [-0.2, -0.15) is 0 Å². The first kappa shape index (κ1) is 11.2. The van der Waals surface area contributed by atoms with E-state index in [1.54, 1.807) is 18.2 Å². The number of aldehydes is 1. The number of carbonyl (C=O) groups excluding carboxylic acids is 1. The van der Waals surface area contributed by atoms with Crippen LogP contribution in [0.2, 0.25) is 5.02 Å². The van der Waals surface area contributed by atoms with Crippen LogP contribution >= 0.6 is 11.6 Å². The number of fused-ring (bicyclic) bond motifs is 1. The van der Waals surface area contributed by atoms with Crippen molar-refractivity contribution in [1.29, 1.82) is 0 Å². The second-order valence-corrected chi connectivity index (χ2v) is 5.07. The van der Waals surface area contributed by atoms with Crippen molar-refractivity contribution in [3.8, 4) is 5.75 Å². The maximum atomic E-state index is 11.1. The van der Waals surface area contributed by atoms with Crippen molar-refractivity contribution in [2.24, 2.45) is 5.41 Å². The molecule has 0 aliphatic carbocycles. The Labute approximate surface area is 99.9 Å². The zero-order valence-electron chi connectivity index (χ0n) is 9.29. The zero-order valence-corrected chi connectivity index (χ0v) is 10.0. The molecule has 84 valence electrons. The summed E-state index contributed by atoms with van der Waals surface area (Å²) in [5.74, 6) is 0.716. The molecular weight excluding hydrogens is 224 g/mol. The molecule has 0 saturated carbocycles. The van der Waals surface area contributed by atoms with Crippen LogP contribution in [-0.4, -0.2) is 12.9 Å². The summed E-state index contributed by atoms with van der Waals surface area (Å²) < 4.78 is 5.68. The van der Waals surface area contributed by atoms with E-state index < -0.39 is 0 Å². The van der Waals surface area contributed by atoms with Gasteiger partial charge in [-0.05, 0) is 18.2 Å². The fourth-order valence-electron chi connectivity index (χ4n) is 1.76. The Morgan fingerprint density at radius 3 is 2.88 bits per heavy atom. The van der Waals surface area contributed by atoms with Gasteiger partial charge in [-0.3, -0.25) is 4.79 Å². The molecule has 1 aliphatic heterocycles. The zero-order chi connectivity index (χ0) is 11.8. The molecule has 3 heteroatoms. The smallest absolute Gasteiger partial charge is 0.150 e. The predicted molar refractivity (Wildman–Crippen MR) is 64.8 cm³/mol. The second-order valence-electron chi connectivity index (χ2n) is 4.64. The molecule has 0 saturated heterocycles. The minimum atomic E-state index is -0.151. The van der Waals surface area contributed by atoms with Gasteiger partial charge >= 0.3 is 0 Å². The van der Waals surface area contributed by atoms with E-state index in [0.717, 1.165) is 11.8 Å². The number of rotatable bonds is 1. The molecule has 0 unspecified atom stereocenters. The third kappa shape index (κ3) is 2.12. The SMILES string of the molecule is CC1(C)C=C(C=O)c2cc(Cl)ccc2OC1. The summed E-state index contributed by atoms with van der Waals surface area (Å²) in [5, 5.41) is 0.606. The Bertz CT molecular complexity index is 461. The fraction of sp³-hybridized carbons (Fsp3) is 0.308. The van der Waals surface area contributed by atoms with Gasteiger partial charge in [0.1, 0.15) is 12.0 Å². The summed E-state index contributed by atoms with van der Waals surface area (Å²) in [6.07, 6.45) is 2.79. The summed E-state index contributed by atoms with van der Waals surface area (Å²) >= 11 is 5.92. The van der Waals surface area contributed by atoms with Crippen LogP contribution in [0.5, 0.6) is 5.75 Å². The van der Waals surface area contributed by atoms with Gasteiger partial charge in [0.25, 0.3) is 0 Å². The van der Waals surface area contributed by atoms with E-state index in [2.05, 4.69) is 0 Å². The van der Waals surface area contributed by atoms with Crippen LogP contribution in [0.25, 0.3) is 5.57 Å². The lowest BCUT2D eigenvalue weighted by Crippen LogP contribution is -2.17. The van der Waals surface area contributed by atoms with E-state index in [9.17, 15) is 4.79 Å². The maximum Gasteiger partial charge on any atom is 0.150 e. The van der Waals surface area contributed by atoms with Crippen LogP contribution in [0.4, 0.5) is 0 Å². The van der Waals surface area contributed by atoms with Gasteiger partial charge in [0.15, 0.2) is 0 Å². The largest absolute Gasteiger partial charge is 0.492 e. The first-order chi connectivity index (χ1) is 7.52. The summed E-state index contributed by atoms with van der Waals surface area (Å²) in [6.45, 7) is 4.62. The molecular formula is C13H13ClO2. The van der Waals surface area contributed by atoms with Crippen molar-refractivity contribution >= 4 is 23.5 Å². The molecule has 0 N–H and O–H groups in total. The van der Waals surface area contributed by atoms with Gasteiger partial charge in [0, 0.05) is 21.6 Å². The van der Waals surface area contributed by atoms with E-state index in [1.165, 1.54) is 0 Å². The lowest BCUT2D eigenvalue weighted by Gasteiger charge is -2.18. The number of halogens is 1. The third-order valence-corrected chi connectivity index (χ3v) is 2.76. The van der Waals surface area contributed by atoms with Crippen LogP contribution in [0.1, 0.15) is 19.4 Å². The number of hydrogen-bond acceptors (Lipinski definition) is 2. The van der Waals surface area contributed by atoms with Crippen LogP contribution in [0.3, 0.4) is 0 Å². The van der Waals surface area contributed by atoms with Crippen molar-refractivity contribution in [2.45, 2.75) is 13.8 Å². The molecule has 2 nitrogen and oxygen atoms in total. The summed E-state index contributed by atoms with van der Waals surface area (Å²) in [7, 11) is 0. The van der Waals surface area contributed by atoms with Crippen molar-refractivity contribution in [3.63, 3.8) is 0 Å². The second kappa shape index (κ2) is 3.95. The Morgan fingerprint density at radius 2 is 2.19 bits per heavy atom. The molecule has 0 fully saturated rings. The first-order valence-corrected chi connectivity index (χ1v) is 5.50. The van der Waals surface area contributed by atoms with Gasteiger partial charge in [-0.1, -0.05) is 31.5 Å². The minimum absolute atomic E-state index is 0.151. The van der Waals surface area contributed by atoms with Crippen LogP contribution < -0.4 is 4.74 Å². The lowest BCUT2D eigenvalue weighted by atomic mass is 9.91. The monoisotopic (exact) mass is 236 g/mol. The van der Waals surface area contributed by atoms with Crippen LogP contribution in [-0.2, 0) is 4.79 Å². The Kier molecular flexibility index (Phi) is 2.76. The summed E-state index contributed by atoms with van der Waals surface area (Å²) in [5.41, 5.74) is 1.26. The van der Waals surface area contributed by atoms with Crippen molar-refractivity contribution in [3.05, 3.63) is 34.9 Å². The van der Waals surface area contributed by atoms with Crippen molar-refractivity contribution < 1.29 is 9.53 Å². The predicted octanol–water partition coefficient (Wildman–Crippen LogP) is 3.34. The number of allylic oxidation sites excluding steroid dienone is 1. The summed E-state index contributed by atoms with van der Waals surface area (Å²) in [6, 6.07) is 5.33. The van der Waals surface area contributed by atoms with E-state index >= 15 is 0 Å². The van der Waals surface area contributed by atoms with E-state index in [-0.39, 0.29) is 5.41 Å². The van der Waals surface area contributed by atoms with E-state index in [1.807, 2.05) is 19.9 Å². The molecule has 1 aliphatic rings. The van der Waals surface area contributed by atoms with Gasteiger partial charge in [-0.15, -0.1) is 0 Å². The molecule has 0 bridgehead atoms. The van der Waals surface area contributed by atoms with Crippen LogP contribution in [0.15, 0.2) is 24.3 Å². The number of benzene rings is 1. The highest BCUT2D eigenvalue weighted by molar-refractivity contribution is 6.31. The van der Waals surface area contributed by atoms with E-state index in [0.29, 0.717) is 23.0 Å². The molecule has 2 rings (SSSR count). The fourth-order valence-corrected chi connectivity index (χ4v) is 1.93. The molecule has 0 amide bonds. The lowest BCUT2D eigenvalue weighted by molar-refractivity contribution is -0.103. The topological polar surface area (TPSA) is 26.3 Å². The highest BCUT2D eigenvalue weighted by Gasteiger charge is 2.23. The first-order valence-electron chi connectivity index (χ1n) is 5.13. The molecule has 16 heavy (non-hydrogen) atoms. The highest BCUT2D eigenvalue weighted by Crippen LogP contribution is 2.35. The molecule has 1 aromatic carbocycles. The van der Waals surface area contributed by atoms with Gasteiger partial charge in [0.2, 0.25) is 0 Å². The maximum absolute atomic E-state index is 11.1. The van der Waals surface area contributed by atoms with Crippen molar-refractivity contribution in [1.82, 2.24) is 0 Å². The molecule has 0 atom stereocenters.